The molecule has 0 radical (unpaired) electrons. The summed E-state index contributed by atoms with van der Waals surface area (Å²) in [7, 11) is 0. The lowest BCUT2D eigenvalue weighted by atomic mass is 10.2. The van der Waals surface area contributed by atoms with Gasteiger partial charge in [-0.25, -0.2) is 0 Å². The van der Waals surface area contributed by atoms with Gasteiger partial charge in [0.15, 0.2) is 5.75 Å². The third kappa shape index (κ3) is 1.57. The molecule has 0 atom stereocenters. The van der Waals surface area contributed by atoms with Gasteiger partial charge in [0.25, 0.3) is 0 Å². The van der Waals surface area contributed by atoms with Crippen LogP contribution in [0.3, 0.4) is 0 Å². The Hall–Kier alpha value is -1.80. The minimum Gasteiger partial charge on any atom is -0.454 e. The molecule has 3 rings (SSSR count). The molecular weight excluding hydrogens is 222 g/mol. The van der Waals surface area contributed by atoms with Gasteiger partial charge < -0.3 is 4.74 Å². The molecular formula is C13H8ClNO. The van der Waals surface area contributed by atoms with E-state index >= 15 is 0 Å². The van der Waals surface area contributed by atoms with E-state index < -0.39 is 0 Å². The van der Waals surface area contributed by atoms with Crippen LogP contribution in [-0.2, 0) is 0 Å². The van der Waals surface area contributed by atoms with Crippen LogP contribution in [-0.4, -0.2) is 6.21 Å². The highest BCUT2D eigenvalue weighted by atomic mass is 35.5. The molecule has 1 aliphatic heterocycles. The summed E-state index contributed by atoms with van der Waals surface area (Å²) >= 11 is 5.93. The molecule has 2 aromatic carbocycles. The van der Waals surface area contributed by atoms with Crippen molar-refractivity contribution in [2.75, 3.05) is 0 Å². The maximum atomic E-state index is 5.93. The maximum absolute atomic E-state index is 5.93. The fraction of sp³-hybridized carbons (Fsp3) is 0. The van der Waals surface area contributed by atoms with Crippen LogP contribution >= 0.6 is 11.6 Å². The van der Waals surface area contributed by atoms with Gasteiger partial charge in [-0.2, -0.15) is 0 Å². The summed E-state index contributed by atoms with van der Waals surface area (Å²) in [5, 5.41) is 0.659. The summed E-state index contributed by atoms with van der Waals surface area (Å²) in [6.07, 6.45) is 1.79. The molecule has 0 saturated carbocycles. The molecule has 1 aliphatic rings. The molecule has 0 aromatic heterocycles. The predicted molar refractivity (Wildman–Crippen MR) is 65.2 cm³/mol. The van der Waals surface area contributed by atoms with Crippen molar-refractivity contribution in [2.24, 2.45) is 4.99 Å². The molecule has 0 amide bonds. The van der Waals surface area contributed by atoms with Crippen LogP contribution < -0.4 is 4.74 Å². The smallest absolute Gasteiger partial charge is 0.153 e. The number of nitrogens with zero attached hydrogens (tertiary/aromatic N) is 1. The highest BCUT2D eigenvalue weighted by Crippen LogP contribution is 2.36. The molecule has 0 spiro atoms. The van der Waals surface area contributed by atoms with E-state index in [1.165, 1.54) is 0 Å². The standard InChI is InChI=1S/C13H8ClNO/c14-10-6-5-9-8-15-11-3-1-2-4-12(11)16-13(9)7-10/h1-8H. The van der Waals surface area contributed by atoms with Gasteiger partial charge >= 0.3 is 0 Å². The van der Waals surface area contributed by atoms with E-state index in [4.69, 9.17) is 16.3 Å². The van der Waals surface area contributed by atoms with Gasteiger partial charge in [-0.3, -0.25) is 4.99 Å². The van der Waals surface area contributed by atoms with Crippen LogP contribution in [0.5, 0.6) is 11.5 Å². The van der Waals surface area contributed by atoms with E-state index in [2.05, 4.69) is 4.99 Å². The van der Waals surface area contributed by atoms with Crippen LogP contribution in [0.4, 0.5) is 5.69 Å². The van der Waals surface area contributed by atoms with Crippen LogP contribution in [0, 0.1) is 0 Å². The first-order valence-corrected chi connectivity index (χ1v) is 5.31. The number of hydrogen-bond donors (Lipinski definition) is 0. The zero-order valence-electron chi connectivity index (χ0n) is 8.35. The second-order valence-corrected chi connectivity index (χ2v) is 3.95. The summed E-state index contributed by atoms with van der Waals surface area (Å²) in [6, 6.07) is 13.2. The second kappa shape index (κ2) is 3.65. The average Bonchev–Trinajstić information content (AvgIpc) is 2.47. The van der Waals surface area contributed by atoms with Crippen molar-refractivity contribution in [3.8, 4) is 11.5 Å². The lowest BCUT2D eigenvalue weighted by Crippen LogP contribution is -1.87. The molecule has 3 heteroatoms. The SMILES string of the molecule is Clc1ccc2c(c1)Oc1ccccc1N=C2. The van der Waals surface area contributed by atoms with Crippen molar-refractivity contribution < 1.29 is 4.74 Å². The Balaban J connectivity index is 2.18. The quantitative estimate of drug-likeness (QED) is 0.566. The third-order valence-corrected chi connectivity index (χ3v) is 2.64. The monoisotopic (exact) mass is 229 g/mol. The Kier molecular flexibility index (Phi) is 2.15. The van der Waals surface area contributed by atoms with E-state index in [0.29, 0.717) is 5.02 Å². The van der Waals surface area contributed by atoms with Gasteiger partial charge in [-0.15, -0.1) is 0 Å². The number of ether oxygens (including phenoxy) is 1. The Morgan fingerprint density at radius 3 is 2.81 bits per heavy atom. The van der Waals surface area contributed by atoms with Crippen molar-refractivity contribution in [1.29, 1.82) is 0 Å². The molecule has 16 heavy (non-hydrogen) atoms. The number of aliphatic imine (C=N–C) groups is 1. The Morgan fingerprint density at radius 2 is 1.88 bits per heavy atom. The molecule has 0 aliphatic carbocycles. The Bertz CT molecular complexity index is 578. The summed E-state index contributed by atoms with van der Waals surface area (Å²) in [5.41, 5.74) is 1.76. The number of hydrogen-bond acceptors (Lipinski definition) is 2. The van der Waals surface area contributed by atoms with Gasteiger partial charge in [0.2, 0.25) is 0 Å². The fourth-order valence-corrected chi connectivity index (χ4v) is 1.77. The van der Waals surface area contributed by atoms with E-state index in [-0.39, 0.29) is 0 Å². The molecule has 0 bridgehead atoms. The van der Waals surface area contributed by atoms with Crippen molar-refractivity contribution >= 4 is 23.5 Å². The lowest BCUT2D eigenvalue weighted by molar-refractivity contribution is 0.485. The molecule has 0 N–H and O–H groups in total. The largest absolute Gasteiger partial charge is 0.454 e. The summed E-state index contributed by atoms with van der Waals surface area (Å²) in [5.74, 6) is 1.49. The molecule has 2 nitrogen and oxygen atoms in total. The van der Waals surface area contributed by atoms with Crippen LogP contribution in [0.2, 0.25) is 5.02 Å². The third-order valence-electron chi connectivity index (χ3n) is 2.40. The molecule has 0 unspecified atom stereocenters. The Labute approximate surface area is 98.2 Å². The normalized spacial score (nSPS) is 12.3. The first-order valence-electron chi connectivity index (χ1n) is 4.93. The highest BCUT2D eigenvalue weighted by molar-refractivity contribution is 6.30. The van der Waals surface area contributed by atoms with Crippen LogP contribution in [0.15, 0.2) is 47.5 Å². The fourth-order valence-electron chi connectivity index (χ4n) is 1.61. The number of benzene rings is 2. The van der Waals surface area contributed by atoms with E-state index in [9.17, 15) is 0 Å². The van der Waals surface area contributed by atoms with Gasteiger partial charge in [-0.05, 0) is 24.3 Å². The zero-order chi connectivity index (χ0) is 11.0. The van der Waals surface area contributed by atoms with Crippen molar-refractivity contribution in [3.63, 3.8) is 0 Å². The minimum absolute atomic E-state index is 0.659. The minimum atomic E-state index is 0.659. The summed E-state index contributed by atoms with van der Waals surface area (Å²) in [6.45, 7) is 0. The molecule has 1 heterocycles. The molecule has 78 valence electrons. The maximum Gasteiger partial charge on any atom is 0.153 e. The first kappa shape index (κ1) is 9.43. The van der Waals surface area contributed by atoms with E-state index in [1.807, 2.05) is 36.4 Å². The van der Waals surface area contributed by atoms with Crippen molar-refractivity contribution in [3.05, 3.63) is 53.1 Å². The van der Waals surface area contributed by atoms with Gasteiger partial charge in [0.05, 0.1) is 0 Å². The number of fused-ring (bicyclic) bond motifs is 2. The molecule has 0 saturated heterocycles. The molecule has 0 fully saturated rings. The first-order chi connectivity index (χ1) is 7.83. The zero-order valence-corrected chi connectivity index (χ0v) is 9.11. The van der Waals surface area contributed by atoms with Gasteiger partial charge in [-0.1, -0.05) is 23.7 Å². The number of rotatable bonds is 0. The summed E-state index contributed by atoms with van der Waals surface area (Å²) < 4.78 is 5.77. The van der Waals surface area contributed by atoms with Crippen molar-refractivity contribution in [1.82, 2.24) is 0 Å². The van der Waals surface area contributed by atoms with Crippen LogP contribution in [0.1, 0.15) is 5.56 Å². The van der Waals surface area contributed by atoms with E-state index in [1.54, 1.807) is 12.3 Å². The van der Waals surface area contributed by atoms with E-state index in [0.717, 1.165) is 22.7 Å². The van der Waals surface area contributed by atoms with Gasteiger partial charge in [0.1, 0.15) is 11.4 Å². The number of halogens is 1. The summed E-state index contributed by atoms with van der Waals surface area (Å²) in [4.78, 5) is 4.36. The molecule has 2 aromatic rings. The number of para-hydroxylation sites is 2. The topological polar surface area (TPSA) is 21.6 Å². The predicted octanol–water partition coefficient (Wildman–Crippen LogP) is 4.20. The van der Waals surface area contributed by atoms with Crippen molar-refractivity contribution in [2.45, 2.75) is 0 Å². The van der Waals surface area contributed by atoms with Gasteiger partial charge in [0, 0.05) is 22.9 Å². The Morgan fingerprint density at radius 1 is 1.00 bits per heavy atom. The highest BCUT2D eigenvalue weighted by Gasteiger charge is 2.10. The average molecular weight is 230 g/mol. The van der Waals surface area contributed by atoms with Crippen LogP contribution in [0.25, 0.3) is 0 Å². The second-order valence-electron chi connectivity index (χ2n) is 3.51. The lowest BCUT2D eigenvalue weighted by Gasteiger charge is -2.07.